The summed E-state index contributed by atoms with van der Waals surface area (Å²) in [5, 5.41) is 9.93. The summed E-state index contributed by atoms with van der Waals surface area (Å²) in [5.41, 5.74) is 0.927. The van der Waals surface area contributed by atoms with Crippen LogP contribution in [0.5, 0.6) is 5.75 Å². The van der Waals surface area contributed by atoms with Gasteiger partial charge < -0.3 is 29.5 Å². The highest BCUT2D eigenvalue weighted by molar-refractivity contribution is 7.98. The molecule has 0 spiro atoms. The SMILES string of the molecule is COC(=O)[C@H](CCSC)NC(=O)C(Cc1ccccc1)OC[C@@H]1CCCN1C(=O)Oc1cccnc1.O=C(O)C(F)(F)F. The molecule has 1 aliphatic heterocycles. The first-order valence-electron chi connectivity index (χ1n) is 13.2. The van der Waals surface area contributed by atoms with E-state index in [1.165, 1.54) is 13.3 Å². The number of hydrogen-bond donors (Lipinski definition) is 2. The number of nitrogens with one attached hydrogen (secondary N) is 1. The average molecular weight is 630 g/mol. The Morgan fingerprint density at radius 2 is 1.86 bits per heavy atom. The van der Waals surface area contributed by atoms with Gasteiger partial charge in [0.05, 0.1) is 26.0 Å². The molecular weight excluding hydrogens is 595 g/mol. The largest absolute Gasteiger partial charge is 0.490 e. The third-order valence-corrected chi connectivity index (χ3v) is 6.80. The molecule has 2 N–H and O–H groups in total. The van der Waals surface area contributed by atoms with E-state index in [1.807, 2.05) is 36.6 Å². The zero-order valence-electron chi connectivity index (χ0n) is 23.6. The number of aromatic nitrogens is 1. The molecule has 0 bridgehead atoms. The quantitative estimate of drug-likeness (QED) is 0.334. The number of rotatable bonds is 12. The average Bonchev–Trinajstić information content (AvgIpc) is 3.46. The molecule has 236 valence electrons. The maximum Gasteiger partial charge on any atom is 0.490 e. The Balaban J connectivity index is 0.000000821. The number of carbonyl (C=O) groups is 4. The molecule has 1 aliphatic rings. The van der Waals surface area contributed by atoms with Crippen molar-refractivity contribution < 1.29 is 51.7 Å². The summed E-state index contributed by atoms with van der Waals surface area (Å²) >= 11 is 1.58. The van der Waals surface area contributed by atoms with Crippen LogP contribution in [-0.4, -0.2) is 95.6 Å². The molecule has 2 aromatic rings. The number of nitrogens with zero attached hydrogens (tertiary/aromatic N) is 2. The van der Waals surface area contributed by atoms with Gasteiger partial charge in [-0.3, -0.25) is 9.78 Å². The molecule has 3 atom stereocenters. The Morgan fingerprint density at radius 1 is 1.16 bits per heavy atom. The van der Waals surface area contributed by atoms with Crippen LogP contribution in [0.4, 0.5) is 18.0 Å². The van der Waals surface area contributed by atoms with Gasteiger partial charge in [0.1, 0.15) is 12.1 Å². The molecule has 1 unspecified atom stereocenters. The molecule has 2 amide bonds. The van der Waals surface area contributed by atoms with Gasteiger partial charge in [0, 0.05) is 19.2 Å². The van der Waals surface area contributed by atoms with Crippen molar-refractivity contribution >= 4 is 35.7 Å². The molecule has 0 radical (unpaired) electrons. The number of alkyl halides is 3. The van der Waals surface area contributed by atoms with Gasteiger partial charge in [-0.05, 0) is 49.0 Å². The van der Waals surface area contributed by atoms with Crippen LogP contribution in [0.1, 0.15) is 24.8 Å². The summed E-state index contributed by atoms with van der Waals surface area (Å²) < 4.78 is 48.2. The van der Waals surface area contributed by atoms with E-state index >= 15 is 0 Å². The number of pyridine rings is 1. The van der Waals surface area contributed by atoms with Crippen molar-refractivity contribution in [2.45, 2.75) is 50.0 Å². The van der Waals surface area contributed by atoms with Crippen molar-refractivity contribution in [2.75, 3.05) is 32.3 Å². The third kappa shape index (κ3) is 12.5. The van der Waals surface area contributed by atoms with Gasteiger partial charge in [-0.2, -0.15) is 24.9 Å². The number of carbonyl (C=O) groups excluding carboxylic acids is 3. The zero-order chi connectivity index (χ0) is 31.8. The highest BCUT2D eigenvalue weighted by Gasteiger charge is 2.38. The normalized spacial score (nSPS) is 15.8. The molecule has 2 heterocycles. The summed E-state index contributed by atoms with van der Waals surface area (Å²) in [4.78, 5) is 52.7. The molecular formula is C28H34F3N3O8S. The molecule has 1 fully saturated rings. The minimum absolute atomic E-state index is 0.167. The van der Waals surface area contributed by atoms with Gasteiger partial charge in [0.15, 0.2) is 5.75 Å². The summed E-state index contributed by atoms with van der Waals surface area (Å²) in [6.45, 7) is 0.711. The van der Waals surface area contributed by atoms with E-state index in [9.17, 15) is 27.6 Å². The summed E-state index contributed by atoms with van der Waals surface area (Å²) in [5.74, 6) is -2.57. The van der Waals surface area contributed by atoms with Gasteiger partial charge in [-0.1, -0.05) is 30.3 Å². The Labute approximate surface area is 251 Å². The second kappa shape index (κ2) is 18.0. The van der Waals surface area contributed by atoms with Crippen LogP contribution in [0.2, 0.25) is 0 Å². The minimum Gasteiger partial charge on any atom is -0.475 e. The van der Waals surface area contributed by atoms with Crippen LogP contribution < -0.4 is 10.1 Å². The van der Waals surface area contributed by atoms with Crippen LogP contribution >= 0.6 is 11.8 Å². The Morgan fingerprint density at radius 3 is 2.44 bits per heavy atom. The van der Waals surface area contributed by atoms with Crippen molar-refractivity contribution in [1.29, 1.82) is 0 Å². The first kappa shape index (κ1) is 35.3. The standard InChI is InChI=1S/C26H33N3O6S.C2HF3O2/c1-33-25(31)22(12-15-36-2)28-24(30)23(16-19-8-4-3-5-9-19)34-18-20-10-7-14-29(20)26(32)35-21-11-6-13-27-17-21;3-2(4,5)1(6)7/h3-6,8-9,11,13,17,20,22-23H,7,10,12,14-16,18H2,1-2H3,(H,28,30);(H,6,7)/t20-,22-,23?;/m0./s1. The van der Waals surface area contributed by atoms with Crippen molar-refractivity contribution in [2.24, 2.45) is 0 Å². The van der Waals surface area contributed by atoms with Crippen molar-refractivity contribution in [3.05, 3.63) is 60.4 Å². The number of benzene rings is 1. The minimum atomic E-state index is -5.08. The fourth-order valence-corrected chi connectivity index (χ4v) is 4.46. The number of carboxylic acids is 1. The van der Waals surface area contributed by atoms with E-state index in [4.69, 9.17) is 24.1 Å². The molecule has 43 heavy (non-hydrogen) atoms. The van der Waals surface area contributed by atoms with Gasteiger partial charge >= 0.3 is 24.2 Å². The van der Waals surface area contributed by atoms with Crippen molar-refractivity contribution in [3.8, 4) is 5.75 Å². The summed E-state index contributed by atoms with van der Waals surface area (Å²) in [6, 6.07) is 11.9. The molecule has 1 aromatic carbocycles. The third-order valence-electron chi connectivity index (χ3n) is 6.15. The molecule has 3 rings (SSSR count). The second-order valence-corrected chi connectivity index (χ2v) is 10.2. The zero-order valence-corrected chi connectivity index (χ0v) is 24.4. The van der Waals surface area contributed by atoms with Gasteiger partial charge in [-0.15, -0.1) is 0 Å². The van der Waals surface area contributed by atoms with Crippen molar-refractivity contribution in [3.63, 3.8) is 0 Å². The van der Waals surface area contributed by atoms with E-state index in [-0.39, 0.29) is 12.6 Å². The fraction of sp³-hybridized carbons (Fsp3) is 0.464. The van der Waals surface area contributed by atoms with Gasteiger partial charge in [0.2, 0.25) is 5.91 Å². The number of hydrogen-bond acceptors (Lipinski definition) is 9. The molecule has 15 heteroatoms. The molecule has 1 saturated heterocycles. The second-order valence-electron chi connectivity index (χ2n) is 9.23. The molecule has 0 aliphatic carbocycles. The first-order valence-corrected chi connectivity index (χ1v) is 14.6. The number of methoxy groups -OCH3 is 1. The van der Waals surface area contributed by atoms with Gasteiger partial charge in [0.25, 0.3) is 0 Å². The van der Waals surface area contributed by atoms with Crippen LogP contribution in [0.15, 0.2) is 54.9 Å². The highest BCUT2D eigenvalue weighted by Crippen LogP contribution is 2.21. The number of thioether (sulfide) groups is 1. The van der Waals surface area contributed by atoms with Crippen LogP contribution in [0, 0.1) is 0 Å². The summed E-state index contributed by atoms with van der Waals surface area (Å²) in [7, 11) is 1.30. The van der Waals surface area contributed by atoms with Crippen molar-refractivity contribution in [1.82, 2.24) is 15.2 Å². The number of aliphatic carboxylic acids is 1. The maximum atomic E-state index is 13.2. The highest BCUT2D eigenvalue weighted by atomic mass is 32.2. The molecule has 11 nitrogen and oxygen atoms in total. The Hall–Kier alpha value is -3.85. The number of amides is 2. The summed E-state index contributed by atoms with van der Waals surface area (Å²) in [6.07, 6.45) is 0.952. The lowest BCUT2D eigenvalue weighted by molar-refractivity contribution is -0.192. The van der Waals surface area contributed by atoms with Crippen LogP contribution in [0.3, 0.4) is 0 Å². The van der Waals surface area contributed by atoms with E-state index in [0.29, 0.717) is 30.9 Å². The monoisotopic (exact) mass is 629 g/mol. The smallest absolute Gasteiger partial charge is 0.475 e. The van der Waals surface area contributed by atoms with E-state index in [1.54, 1.807) is 35.0 Å². The maximum absolute atomic E-state index is 13.2. The van der Waals surface area contributed by atoms with Crippen LogP contribution in [0.25, 0.3) is 0 Å². The fourth-order valence-electron chi connectivity index (χ4n) is 3.99. The van der Waals surface area contributed by atoms with Gasteiger partial charge in [-0.25, -0.2) is 14.4 Å². The topological polar surface area (TPSA) is 144 Å². The number of likely N-dealkylation sites (tertiary alicyclic amines) is 1. The van der Waals surface area contributed by atoms with E-state index < -0.39 is 42.3 Å². The lowest BCUT2D eigenvalue weighted by atomic mass is 10.1. The number of ether oxygens (including phenoxy) is 3. The predicted octanol–water partition coefficient (Wildman–Crippen LogP) is 3.72. The van der Waals surface area contributed by atoms with E-state index in [2.05, 4.69) is 10.3 Å². The lowest BCUT2D eigenvalue weighted by Gasteiger charge is -2.27. The first-order chi connectivity index (χ1) is 20.5. The Kier molecular flexibility index (Phi) is 14.8. The van der Waals surface area contributed by atoms with Crippen LogP contribution in [-0.2, 0) is 30.3 Å². The molecule has 1 aromatic heterocycles. The number of halogens is 3. The number of carboxylic acid groups (broad SMARTS) is 1. The number of esters is 1. The van der Waals surface area contributed by atoms with E-state index in [0.717, 1.165) is 18.4 Å². The predicted molar refractivity (Wildman–Crippen MR) is 151 cm³/mol. The Bertz CT molecular complexity index is 1170. The lowest BCUT2D eigenvalue weighted by Crippen LogP contribution is -2.49. The molecule has 0 saturated carbocycles.